The number of hydrogen-bond donors (Lipinski definition) is 0. The molecule has 9 aromatic rings. The molecule has 8 aromatic carbocycles. The number of fused-ring (bicyclic) bond motifs is 11. The van der Waals surface area contributed by atoms with Crippen molar-refractivity contribution >= 4 is 38.9 Å². The lowest BCUT2D eigenvalue weighted by atomic mass is 9.70. The van der Waals surface area contributed by atoms with E-state index in [9.17, 15) is 0 Å². The van der Waals surface area contributed by atoms with E-state index in [0.717, 1.165) is 5.69 Å². The second kappa shape index (κ2) is 10.7. The number of aromatic nitrogens is 1. The second-order valence-corrected chi connectivity index (χ2v) is 16.2. The zero-order valence-corrected chi connectivity index (χ0v) is 31.1. The molecule has 1 unspecified atom stereocenters. The van der Waals surface area contributed by atoms with Gasteiger partial charge in [0.15, 0.2) is 0 Å². The minimum Gasteiger partial charge on any atom is -0.310 e. The number of anilines is 3. The normalized spacial score (nSPS) is 16.8. The van der Waals surface area contributed by atoms with Gasteiger partial charge in [-0.05, 0) is 117 Å². The van der Waals surface area contributed by atoms with Crippen LogP contribution in [0.5, 0.6) is 0 Å². The average Bonchev–Trinajstić information content (AvgIpc) is 3.80. The smallest absolute Gasteiger partial charge is 0.0541 e. The van der Waals surface area contributed by atoms with Crippen LogP contribution in [0.1, 0.15) is 48.6 Å². The zero-order valence-electron chi connectivity index (χ0n) is 31.1. The van der Waals surface area contributed by atoms with Gasteiger partial charge in [-0.25, -0.2) is 0 Å². The summed E-state index contributed by atoms with van der Waals surface area (Å²) in [5.41, 5.74) is 21.6. The van der Waals surface area contributed by atoms with Crippen molar-refractivity contribution < 1.29 is 0 Å². The molecule has 2 nitrogen and oxygen atoms in total. The molecule has 0 spiro atoms. The van der Waals surface area contributed by atoms with Crippen molar-refractivity contribution in [3.8, 4) is 39.1 Å². The predicted molar refractivity (Wildman–Crippen MR) is 229 cm³/mol. The van der Waals surface area contributed by atoms with Crippen LogP contribution in [0.2, 0.25) is 0 Å². The van der Waals surface area contributed by atoms with E-state index in [-0.39, 0.29) is 10.8 Å². The lowest BCUT2D eigenvalue weighted by molar-refractivity contribution is 0.660. The van der Waals surface area contributed by atoms with Gasteiger partial charge >= 0.3 is 0 Å². The Morgan fingerprint density at radius 2 is 1.02 bits per heavy atom. The fraction of sp³-hybridized carbons (Fsp3) is 0.0943. The number of para-hydroxylation sites is 2. The summed E-state index contributed by atoms with van der Waals surface area (Å²) >= 11 is 0. The van der Waals surface area contributed by atoms with Crippen LogP contribution in [0.4, 0.5) is 17.1 Å². The maximum atomic E-state index is 2.53. The fourth-order valence-electron chi connectivity index (χ4n) is 10.7. The van der Waals surface area contributed by atoms with Gasteiger partial charge < -0.3 is 9.47 Å². The van der Waals surface area contributed by atoms with E-state index in [4.69, 9.17) is 0 Å². The van der Waals surface area contributed by atoms with Crippen molar-refractivity contribution in [2.75, 3.05) is 4.90 Å². The lowest BCUT2D eigenvalue weighted by Gasteiger charge is -2.42. The highest BCUT2D eigenvalue weighted by Crippen LogP contribution is 2.62. The van der Waals surface area contributed by atoms with Gasteiger partial charge in [-0.15, -0.1) is 0 Å². The summed E-state index contributed by atoms with van der Waals surface area (Å²) in [6.45, 7) is 7.18. The Balaban J connectivity index is 1.11. The van der Waals surface area contributed by atoms with E-state index >= 15 is 0 Å². The molecule has 12 rings (SSSR count). The first-order chi connectivity index (χ1) is 26.9. The Morgan fingerprint density at radius 1 is 0.400 bits per heavy atom. The number of benzene rings is 8. The molecule has 0 fully saturated rings. The van der Waals surface area contributed by atoms with E-state index in [0.29, 0.717) is 0 Å². The van der Waals surface area contributed by atoms with Gasteiger partial charge in [0.25, 0.3) is 0 Å². The SMILES string of the molecule is CC1(C)c2ccccc2-c2c(-c3cccc(N4c5ccc(-n6c7ccccc7c7ccccc76)cc5C5(C)c6ccccc6-c6cccc4c65)c3)cccc21. The third-order valence-electron chi connectivity index (χ3n) is 13.2. The Bertz CT molecular complexity index is 3050. The van der Waals surface area contributed by atoms with Crippen LogP contribution in [0, 0.1) is 0 Å². The minimum atomic E-state index is -0.337. The summed E-state index contributed by atoms with van der Waals surface area (Å²) in [5.74, 6) is 0. The molecule has 0 bridgehead atoms. The first-order valence-electron chi connectivity index (χ1n) is 19.4. The fourth-order valence-corrected chi connectivity index (χ4v) is 10.7. The summed E-state index contributed by atoms with van der Waals surface area (Å²) in [4.78, 5) is 2.53. The van der Waals surface area contributed by atoms with Crippen molar-refractivity contribution in [2.24, 2.45) is 0 Å². The van der Waals surface area contributed by atoms with Crippen LogP contribution in [0.3, 0.4) is 0 Å². The Hall–Kier alpha value is -6.64. The predicted octanol–water partition coefficient (Wildman–Crippen LogP) is 13.9. The van der Waals surface area contributed by atoms with Gasteiger partial charge in [0.2, 0.25) is 0 Å². The van der Waals surface area contributed by atoms with Crippen LogP contribution < -0.4 is 4.90 Å². The van der Waals surface area contributed by atoms with Crippen molar-refractivity contribution in [1.29, 1.82) is 0 Å². The molecule has 2 heterocycles. The van der Waals surface area contributed by atoms with Gasteiger partial charge in [0.05, 0.1) is 22.4 Å². The molecule has 2 heteroatoms. The van der Waals surface area contributed by atoms with E-state index in [1.807, 2.05) is 0 Å². The largest absolute Gasteiger partial charge is 0.310 e. The molecule has 0 amide bonds. The summed E-state index contributed by atoms with van der Waals surface area (Å²) < 4.78 is 2.46. The molecule has 0 radical (unpaired) electrons. The minimum absolute atomic E-state index is 0.0521. The first-order valence-corrected chi connectivity index (χ1v) is 19.4. The Labute approximate surface area is 321 Å². The number of rotatable bonds is 3. The van der Waals surface area contributed by atoms with Crippen LogP contribution >= 0.6 is 0 Å². The number of hydrogen-bond acceptors (Lipinski definition) is 1. The maximum Gasteiger partial charge on any atom is 0.0541 e. The Kier molecular flexibility index (Phi) is 6.01. The van der Waals surface area contributed by atoms with Crippen molar-refractivity contribution in [2.45, 2.75) is 31.6 Å². The van der Waals surface area contributed by atoms with Gasteiger partial charge in [0.1, 0.15) is 0 Å². The summed E-state index contributed by atoms with van der Waals surface area (Å²) in [6.07, 6.45) is 0. The first kappa shape index (κ1) is 30.8. The molecular formula is C53H38N2. The maximum absolute atomic E-state index is 2.53. The topological polar surface area (TPSA) is 8.17 Å². The van der Waals surface area contributed by atoms with Gasteiger partial charge in [-0.2, -0.15) is 0 Å². The van der Waals surface area contributed by atoms with Crippen LogP contribution in [-0.4, -0.2) is 4.57 Å². The third kappa shape index (κ3) is 3.89. The van der Waals surface area contributed by atoms with Crippen molar-refractivity contribution in [3.05, 3.63) is 204 Å². The van der Waals surface area contributed by atoms with E-state index in [1.165, 1.54) is 100 Å². The van der Waals surface area contributed by atoms with Crippen molar-refractivity contribution in [3.63, 3.8) is 0 Å². The second-order valence-electron chi connectivity index (χ2n) is 16.2. The highest BCUT2D eigenvalue weighted by molar-refractivity contribution is 6.09. The molecule has 1 atom stereocenters. The van der Waals surface area contributed by atoms with E-state index < -0.39 is 0 Å². The molecule has 0 saturated carbocycles. The molecule has 3 aliphatic rings. The molecule has 0 saturated heterocycles. The van der Waals surface area contributed by atoms with E-state index in [1.54, 1.807) is 0 Å². The summed E-state index contributed by atoms with van der Waals surface area (Å²) in [5, 5.41) is 2.55. The molecular weight excluding hydrogens is 665 g/mol. The highest BCUT2D eigenvalue weighted by Gasteiger charge is 2.48. The summed E-state index contributed by atoms with van der Waals surface area (Å²) in [6, 6.07) is 65.9. The molecule has 2 aliphatic carbocycles. The molecule has 1 aromatic heterocycles. The van der Waals surface area contributed by atoms with Gasteiger partial charge in [-0.3, -0.25) is 0 Å². The number of nitrogens with zero attached hydrogens (tertiary/aromatic N) is 2. The quantitative estimate of drug-likeness (QED) is 0.178. The monoisotopic (exact) mass is 702 g/mol. The van der Waals surface area contributed by atoms with Crippen molar-refractivity contribution in [1.82, 2.24) is 4.57 Å². The third-order valence-corrected chi connectivity index (χ3v) is 13.2. The van der Waals surface area contributed by atoms with Gasteiger partial charge in [0, 0.05) is 33.0 Å². The molecule has 1 aliphatic heterocycles. The molecule has 55 heavy (non-hydrogen) atoms. The average molecular weight is 703 g/mol. The lowest BCUT2D eigenvalue weighted by Crippen LogP contribution is -2.32. The van der Waals surface area contributed by atoms with Crippen LogP contribution in [0.25, 0.3) is 60.9 Å². The van der Waals surface area contributed by atoms with Gasteiger partial charge in [-0.1, -0.05) is 141 Å². The summed E-state index contributed by atoms with van der Waals surface area (Å²) in [7, 11) is 0. The zero-order chi connectivity index (χ0) is 36.6. The standard InChI is InChI=1S/C53H38N2/c1-52(2)42-23-8-5-20-41(42)50-36(21-13-25-44(50)52)33-15-12-16-34(31-33)55-48-30-29-35(54-46-26-10-6-18-38(46)39-19-7-11-27-47(39)54)32-45(48)53(3)43-24-9-4-17-37(43)40-22-14-28-49(55)51(40)53/h4-32H,1-3H3. The van der Waals surface area contributed by atoms with E-state index in [2.05, 4.69) is 206 Å². The molecule has 0 N–H and O–H groups in total. The van der Waals surface area contributed by atoms with Crippen LogP contribution in [-0.2, 0) is 10.8 Å². The highest BCUT2D eigenvalue weighted by atomic mass is 15.2. The van der Waals surface area contributed by atoms with Crippen LogP contribution in [0.15, 0.2) is 176 Å². The molecule has 260 valence electrons. The Morgan fingerprint density at radius 3 is 1.82 bits per heavy atom.